The predicted molar refractivity (Wildman–Crippen MR) is 70.1 cm³/mol. The number of ether oxygens (including phenoxy) is 1. The van der Waals surface area contributed by atoms with Crippen LogP contribution in [-0.4, -0.2) is 29.8 Å². The summed E-state index contributed by atoms with van der Waals surface area (Å²) in [6.45, 7) is 0.542. The normalized spacial score (nSPS) is 10.5. The van der Waals surface area contributed by atoms with Crippen molar-refractivity contribution in [1.82, 2.24) is 4.98 Å². The summed E-state index contributed by atoms with van der Waals surface area (Å²) >= 11 is 1.21. The Morgan fingerprint density at radius 2 is 2.11 bits per heavy atom. The molecule has 0 unspecified atom stereocenters. The zero-order chi connectivity index (χ0) is 13.0. The number of carboxylic acids is 1. The van der Waals surface area contributed by atoms with Gasteiger partial charge in [0.25, 0.3) is 0 Å². The molecule has 2 rings (SSSR count). The summed E-state index contributed by atoms with van der Waals surface area (Å²) < 4.78 is 4.98. The number of methoxy groups -OCH3 is 1. The first-order valence-electron chi connectivity index (χ1n) is 5.49. The fourth-order valence-electron chi connectivity index (χ4n) is 1.60. The molecule has 0 atom stereocenters. The van der Waals surface area contributed by atoms with E-state index >= 15 is 0 Å². The number of aromatic carboxylic acids is 1. The Bertz CT molecular complexity index is 536. The minimum Gasteiger partial charge on any atom is -0.477 e. The van der Waals surface area contributed by atoms with Gasteiger partial charge in [-0.3, -0.25) is 0 Å². The molecule has 4 nitrogen and oxygen atoms in total. The van der Waals surface area contributed by atoms with Crippen molar-refractivity contribution in [1.29, 1.82) is 0 Å². The Morgan fingerprint density at radius 3 is 2.72 bits per heavy atom. The van der Waals surface area contributed by atoms with Crippen LogP contribution in [0.3, 0.4) is 0 Å². The molecular weight excluding hydrogens is 250 g/mol. The summed E-state index contributed by atoms with van der Waals surface area (Å²) in [5, 5.41) is 9.99. The lowest BCUT2D eigenvalue weighted by atomic mass is 10.1. The number of benzene rings is 1. The minimum absolute atomic E-state index is 0.285. The fourth-order valence-corrected chi connectivity index (χ4v) is 2.50. The highest BCUT2D eigenvalue weighted by atomic mass is 32.1. The van der Waals surface area contributed by atoms with Gasteiger partial charge in [0.1, 0.15) is 4.88 Å². The van der Waals surface area contributed by atoms with E-state index in [1.54, 1.807) is 7.11 Å². The number of carbonyl (C=O) groups is 1. The van der Waals surface area contributed by atoms with Crippen molar-refractivity contribution in [2.24, 2.45) is 0 Å². The molecule has 0 aliphatic rings. The zero-order valence-corrected chi connectivity index (χ0v) is 10.7. The quantitative estimate of drug-likeness (QED) is 0.901. The number of carboxylic acid groups (broad SMARTS) is 1. The molecule has 2 aromatic rings. The van der Waals surface area contributed by atoms with E-state index in [0.29, 0.717) is 18.7 Å². The van der Waals surface area contributed by atoms with Crippen molar-refractivity contribution in [3.05, 3.63) is 40.2 Å². The minimum atomic E-state index is -0.935. The maximum absolute atomic E-state index is 11.2. The maximum Gasteiger partial charge on any atom is 0.348 e. The molecule has 0 fully saturated rings. The van der Waals surface area contributed by atoms with Crippen LogP contribution in [0.1, 0.15) is 14.7 Å². The SMILES string of the molecule is COCCc1nc(-c2ccccc2)c(C(=O)O)s1. The molecular formula is C13H13NO3S. The van der Waals surface area contributed by atoms with Crippen molar-refractivity contribution in [2.45, 2.75) is 6.42 Å². The Hall–Kier alpha value is -1.72. The van der Waals surface area contributed by atoms with Gasteiger partial charge in [-0.2, -0.15) is 0 Å². The summed E-state index contributed by atoms with van der Waals surface area (Å²) in [6.07, 6.45) is 0.633. The number of rotatable bonds is 5. The molecule has 0 saturated heterocycles. The van der Waals surface area contributed by atoms with E-state index in [1.807, 2.05) is 30.3 Å². The zero-order valence-electron chi connectivity index (χ0n) is 9.92. The largest absolute Gasteiger partial charge is 0.477 e. The van der Waals surface area contributed by atoms with Gasteiger partial charge in [0.05, 0.1) is 17.3 Å². The highest BCUT2D eigenvalue weighted by Crippen LogP contribution is 2.28. The molecule has 0 saturated carbocycles. The molecule has 0 radical (unpaired) electrons. The molecule has 1 aromatic carbocycles. The van der Waals surface area contributed by atoms with Crippen molar-refractivity contribution in [3.63, 3.8) is 0 Å². The second-order valence-corrected chi connectivity index (χ2v) is 4.78. The van der Waals surface area contributed by atoms with Gasteiger partial charge in [-0.1, -0.05) is 30.3 Å². The highest BCUT2D eigenvalue weighted by Gasteiger charge is 2.18. The monoisotopic (exact) mass is 263 g/mol. The van der Waals surface area contributed by atoms with Gasteiger partial charge >= 0.3 is 5.97 Å². The van der Waals surface area contributed by atoms with Gasteiger partial charge in [0.2, 0.25) is 0 Å². The lowest BCUT2D eigenvalue weighted by Gasteiger charge is -1.97. The fraction of sp³-hybridized carbons (Fsp3) is 0.231. The van der Waals surface area contributed by atoms with Crippen LogP contribution in [-0.2, 0) is 11.2 Å². The van der Waals surface area contributed by atoms with Crippen molar-refractivity contribution in [3.8, 4) is 11.3 Å². The summed E-state index contributed by atoms with van der Waals surface area (Å²) in [7, 11) is 1.61. The first-order chi connectivity index (χ1) is 8.72. The number of aromatic nitrogens is 1. The first kappa shape index (κ1) is 12.7. The van der Waals surface area contributed by atoms with E-state index in [-0.39, 0.29) is 4.88 Å². The average molecular weight is 263 g/mol. The lowest BCUT2D eigenvalue weighted by Crippen LogP contribution is -1.95. The highest BCUT2D eigenvalue weighted by molar-refractivity contribution is 7.14. The summed E-state index contributed by atoms with van der Waals surface area (Å²) in [4.78, 5) is 15.9. The first-order valence-corrected chi connectivity index (χ1v) is 6.31. The average Bonchev–Trinajstić information content (AvgIpc) is 2.82. The topological polar surface area (TPSA) is 59.4 Å². The van der Waals surface area contributed by atoms with Crippen LogP contribution in [0.25, 0.3) is 11.3 Å². The van der Waals surface area contributed by atoms with Crippen LogP contribution in [0.4, 0.5) is 0 Å². The van der Waals surface area contributed by atoms with E-state index in [0.717, 1.165) is 10.6 Å². The molecule has 5 heteroatoms. The number of hydrogen-bond donors (Lipinski definition) is 1. The third-order valence-electron chi connectivity index (χ3n) is 2.43. The third kappa shape index (κ3) is 2.75. The molecule has 0 aliphatic carbocycles. The molecule has 0 bridgehead atoms. The van der Waals surface area contributed by atoms with Crippen molar-refractivity contribution < 1.29 is 14.6 Å². The molecule has 1 heterocycles. The molecule has 0 aliphatic heterocycles. The predicted octanol–water partition coefficient (Wildman–Crippen LogP) is 2.70. The number of nitrogens with zero attached hydrogens (tertiary/aromatic N) is 1. The van der Waals surface area contributed by atoms with Gasteiger partial charge < -0.3 is 9.84 Å². The van der Waals surface area contributed by atoms with Crippen LogP contribution in [0, 0.1) is 0 Å². The van der Waals surface area contributed by atoms with Crippen LogP contribution < -0.4 is 0 Å². The van der Waals surface area contributed by atoms with Crippen molar-refractivity contribution >= 4 is 17.3 Å². The second-order valence-electron chi connectivity index (χ2n) is 3.70. The number of thiazole rings is 1. The van der Waals surface area contributed by atoms with Crippen LogP contribution in [0.5, 0.6) is 0 Å². The van der Waals surface area contributed by atoms with Gasteiger partial charge in [-0.05, 0) is 0 Å². The van der Waals surface area contributed by atoms with E-state index in [1.165, 1.54) is 11.3 Å². The van der Waals surface area contributed by atoms with Crippen molar-refractivity contribution in [2.75, 3.05) is 13.7 Å². The standard InChI is InChI=1S/C13H13NO3S/c1-17-8-7-10-14-11(12(18-10)13(15)16)9-5-3-2-4-6-9/h2-6H,7-8H2,1H3,(H,15,16). The molecule has 0 amide bonds. The second kappa shape index (κ2) is 5.75. The molecule has 0 spiro atoms. The van der Waals surface area contributed by atoms with Crippen LogP contribution in [0.15, 0.2) is 30.3 Å². The van der Waals surface area contributed by atoms with E-state index in [9.17, 15) is 9.90 Å². The van der Waals surface area contributed by atoms with Gasteiger partial charge in [-0.15, -0.1) is 11.3 Å². The van der Waals surface area contributed by atoms with Gasteiger partial charge in [-0.25, -0.2) is 9.78 Å². The molecule has 94 valence electrons. The Morgan fingerprint density at radius 1 is 1.39 bits per heavy atom. The third-order valence-corrected chi connectivity index (χ3v) is 3.54. The van der Waals surface area contributed by atoms with Crippen LogP contribution in [0.2, 0.25) is 0 Å². The summed E-state index contributed by atoms with van der Waals surface area (Å²) in [6, 6.07) is 9.36. The van der Waals surface area contributed by atoms with Gasteiger partial charge in [0, 0.05) is 19.1 Å². The Balaban J connectivity index is 2.39. The van der Waals surface area contributed by atoms with E-state index in [4.69, 9.17) is 4.74 Å². The van der Waals surface area contributed by atoms with E-state index < -0.39 is 5.97 Å². The molecule has 1 N–H and O–H groups in total. The molecule has 18 heavy (non-hydrogen) atoms. The lowest BCUT2D eigenvalue weighted by molar-refractivity contribution is 0.0702. The number of hydrogen-bond acceptors (Lipinski definition) is 4. The summed E-state index contributed by atoms with van der Waals surface area (Å²) in [5.74, 6) is -0.935. The maximum atomic E-state index is 11.2. The summed E-state index contributed by atoms with van der Waals surface area (Å²) in [5.41, 5.74) is 1.37. The Labute approximate surface area is 109 Å². The smallest absolute Gasteiger partial charge is 0.348 e. The van der Waals surface area contributed by atoms with Gasteiger partial charge in [0.15, 0.2) is 0 Å². The van der Waals surface area contributed by atoms with Crippen LogP contribution >= 0.6 is 11.3 Å². The van der Waals surface area contributed by atoms with E-state index in [2.05, 4.69) is 4.98 Å². The molecule has 1 aromatic heterocycles. The Kier molecular flexibility index (Phi) is 4.07.